The van der Waals surface area contributed by atoms with Crippen molar-refractivity contribution < 1.29 is 0 Å². The predicted molar refractivity (Wildman–Crippen MR) is 128 cm³/mol. The van der Waals surface area contributed by atoms with Gasteiger partial charge in [0.2, 0.25) is 0 Å². The molecule has 0 saturated heterocycles. The van der Waals surface area contributed by atoms with Gasteiger partial charge in [-0.05, 0) is 59.7 Å². The molecular formula is C29H22N2. The lowest BCUT2D eigenvalue weighted by atomic mass is 9.99. The molecule has 0 spiro atoms. The second kappa shape index (κ2) is 9.57. The van der Waals surface area contributed by atoms with Crippen LogP contribution in [-0.4, -0.2) is 7.05 Å². The summed E-state index contributed by atoms with van der Waals surface area (Å²) in [5, 5.41) is 10.0. The van der Waals surface area contributed by atoms with Crippen LogP contribution in [-0.2, 0) is 6.54 Å². The molecule has 2 nitrogen and oxygen atoms in total. The monoisotopic (exact) mass is 398 g/mol. The number of aryl methyl sites for hydroxylation is 1. The first-order chi connectivity index (χ1) is 15.2. The molecule has 31 heavy (non-hydrogen) atoms. The van der Waals surface area contributed by atoms with Crippen molar-refractivity contribution in [2.45, 2.75) is 13.5 Å². The lowest BCUT2D eigenvalue weighted by molar-refractivity contribution is 0.934. The number of hydrogen-bond donors (Lipinski definition) is 0. The van der Waals surface area contributed by atoms with E-state index in [0.717, 1.165) is 38.6 Å². The first kappa shape index (κ1) is 20.1. The Morgan fingerprint density at radius 3 is 1.65 bits per heavy atom. The zero-order valence-electron chi connectivity index (χ0n) is 17.7. The summed E-state index contributed by atoms with van der Waals surface area (Å²) in [4.78, 5) is 0. The quantitative estimate of drug-likeness (QED) is 0.271. The molecule has 148 valence electrons. The van der Waals surface area contributed by atoms with Crippen LogP contribution < -0.4 is 0 Å². The molecule has 4 aromatic carbocycles. The van der Waals surface area contributed by atoms with Gasteiger partial charge in [-0.3, -0.25) is 0 Å². The first-order valence-corrected chi connectivity index (χ1v) is 10.2. The first-order valence-electron chi connectivity index (χ1n) is 10.2. The van der Waals surface area contributed by atoms with Gasteiger partial charge in [0.25, 0.3) is 0 Å². The molecule has 0 unspecified atom stereocenters. The van der Waals surface area contributed by atoms with E-state index in [1.807, 2.05) is 36.4 Å². The van der Waals surface area contributed by atoms with E-state index in [0.29, 0.717) is 6.54 Å². The number of rotatable bonds is 2. The van der Waals surface area contributed by atoms with Gasteiger partial charge in [-0.25, -0.2) is 0 Å². The number of hydrogen-bond acceptors (Lipinski definition) is 2. The van der Waals surface area contributed by atoms with Crippen LogP contribution in [0.25, 0.3) is 10.8 Å². The standard InChI is InChI=1S/C29H22N2/c1-22-7-9-23(10-8-22)15-17-26-19-20-27(29-6-4-3-5-28(26)29)18-16-24-11-13-25(14-12-24)21-31-30-2/h3-14,19-20H,21H2,1-2H3. The molecule has 4 rings (SSSR count). The topological polar surface area (TPSA) is 24.7 Å². The van der Waals surface area contributed by atoms with E-state index in [1.54, 1.807) is 7.05 Å². The molecule has 0 N–H and O–H groups in total. The van der Waals surface area contributed by atoms with Crippen molar-refractivity contribution in [3.63, 3.8) is 0 Å². The van der Waals surface area contributed by atoms with Crippen LogP contribution in [0.15, 0.2) is 95.2 Å². The average molecular weight is 399 g/mol. The Hall–Kier alpha value is -4.14. The summed E-state index contributed by atoms with van der Waals surface area (Å²) in [7, 11) is 1.68. The summed E-state index contributed by atoms with van der Waals surface area (Å²) in [5.74, 6) is 13.2. The largest absolute Gasteiger partial charge is 0.197 e. The normalized spacial score (nSPS) is 10.4. The molecule has 0 saturated carbocycles. The van der Waals surface area contributed by atoms with Gasteiger partial charge in [0.15, 0.2) is 0 Å². The number of azo groups is 1. The van der Waals surface area contributed by atoms with Gasteiger partial charge in [-0.2, -0.15) is 10.2 Å². The smallest absolute Gasteiger partial charge is 0.0849 e. The highest BCUT2D eigenvalue weighted by Crippen LogP contribution is 2.22. The van der Waals surface area contributed by atoms with Gasteiger partial charge < -0.3 is 0 Å². The summed E-state index contributed by atoms with van der Waals surface area (Å²) >= 11 is 0. The highest BCUT2D eigenvalue weighted by Gasteiger charge is 2.03. The summed E-state index contributed by atoms with van der Waals surface area (Å²) in [6.45, 7) is 2.68. The van der Waals surface area contributed by atoms with Gasteiger partial charge in [0, 0.05) is 29.3 Å². The fourth-order valence-electron chi connectivity index (χ4n) is 3.28. The Morgan fingerprint density at radius 2 is 1.13 bits per heavy atom. The fourth-order valence-corrected chi connectivity index (χ4v) is 3.28. The molecule has 0 radical (unpaired) electrons. The van der Waals surface area contributed by atoms with E-state index in [-0.39, 0.29) is 0 Å². The molecule has 0 heterocycles. The molecule has 0 aromatic heterocycles. The van der Waals surface area contributed by atoms with Gasteiger partial charge in [0.1, 0.15) is 0 Å². The predicted octanol–water partition coefficient (Wildman–Crippen LogP) is 6.53. The Kier molecular flexibility index (Phi) is 6.22. The number of fused-ring (bicyclic) bond motifs is 1. The number of benzene rings is 4. The molecule has 0 fully saturated rings. The maximum absolute atomic E-state index is 4.02. The maximum atomic E-state index is 4.02. The van der Waals surface area contributed by atoms with E-state index in [9.17, 15) is 0 Å². The van der Waals surface area contributed by atoms with Gasteiger partial charge in [0.05, 0.1) is 6.54 Å². The summed E-state index contributed by atoms with van der Waals surface area (Å²) in [5.41, 5.74) is 6.36. The van der Waals surface area contributed by atoms with Crippen LogP contribution in [0.3, 0.4) is 0 Å². The van der Waals surface area contributed by atoms with Crippen LogP contribution in [0, 0.1) is 30.6 Å². The SMILES string of the molecule is CN=NCc1ccc(C#Cc2ccc(C#Cc3ccc(C)cc3)c3ccccc23)cc1. The molecule has 4 aromatic rings. The molecular weight excluding hydrogens is 376 g/mol. The summed E-state index contributed by atoms with van der Waals surface area (Å²) in [6, 6.07) is 28.8. The fraction of sp³-hybridized carbons (Fsp3) is 0.103. The second-order valence-corrected chi connectivity index (χ2v) is 7.27. The second-order valence-electron chi connectivity index (χ2n) is 7.27. The minimum Gasteiger partial charge on any atom is -0.197 e. The third-order valence-corrected chi connectivity index (χ3v) is 5.01. The van der Waals surface area contributed by atoms with E-state index >= 15 is 0 Å². The minimum atomic E-state index is 0.597. The Labute approximate surface area is 183 Å². The molecule has 0 atom stereocenters. The van der Waals surface area contributed by atoms with Crippen molar-refractivity contribution >= 4 is 10.8 Å². The minimum absolute atomic E-state index is 0.597. The maximum Gasteiger partial charge on any atom is 0.0849 e. The Balaban J connectivity index is 1.65. The van der Waals surface area contributed by atoms with Gasteiger partial charge in [-0.1, -0.05) is 77.8 Å². The van der Waals surface area contributed by atoms with Crippen LogP contribution in [0.1, 0.15) is 33.4 Å². The van der Waals surface area contributed by atoms with Crippen molar-refractivity contribution in [1.82, 2.24) is 0 Å². The molecule has 2 heteroatoms. The van der Waals surface area contributed by atoms with Crippen LogP contribution >= 0.6 is 0 Å². The van der Waals surface area contributed by atoms with Crippen LogP contribution in [0.4, 0.5) is 0 Å². The van der Waals surface area contributed by atoms with Crippen LogP contribution in [0.2, 0.25) is 0 Å². The Morgan fingerprint density at radius 1 is 0.613 bits per heavy atom. The molecule has 0 amide bonds. The van der Waals surface area contributed by atoms with E-state index in [2.05, 4.69) is 89.4 Å². The average Bonchev–Trinajstić information content (AvgIpc) is 2.82. The van der Waals surface area contributed by atoms with Crippen molar-refractivity contribution in [1.29, 1.82) is 0 Å². The van der Waals surface area contributed by atoms with Gasteiger partial charge >= 0.3 is 0 Å². The zero-order chi connectivity index (χ0) is 21.5. The lowest BCUT2D eigenvalue weighted by Gasteiger charge is -2.03. The van der Waals surface area contributed by atoms with Crippen molar-refractivity contribution in [2.24, 2.45) is 10.2 Å². The van der Waals surface area contributed by atoms with Gasteiger partial charge in [-0.15, -0.1) is 0 Å². The molecule has 0 aliphatic rings. The van der Waals surface area contributed by atoms with E-state index < -0.39 is 0 Å². The van der Waals surface area contributed by atoms with E-state index in [4.69, 9.17) is 0 Å². The molecule has 0 bridgehead atoms. The zero-order valence-corrected chi connectivity index (χ0v) is 17.7. The number of nitrogens with zero attached hydrogens (tertiary/aromatic N) is 2. The molecule has 0 aliphatic carbocycles. The third kappa shape index (κ3) is 5.08. The highest BCUT2D eigenvalue weighted by molar-refractivity contribution is 5.93. The van der Waals surface area contributed by atoms with Crippen molar-refractivity contribution in [3.05, 3.63) is 118 Å². The Bertz CT molecular complexity index is 1350. The third-order valence-electron chi connectivity index (χ3n) is 5.01. The lowest BCUT2D eigenvalue weighted by Crippen LogP contribution is -1.86. The highest BCUT2D eigenvalue weighted by atomic mass is 15.1. The summed E-state index contributed by atoms with van der Waals surface area (Å²) < 4.78 is 0. The van der Waals surface area contributed by atoms with Crippen molar-refractivity contribution in [2.75, 3.05) is 7.05 Å². The van der Waals surface area contributed by atoms with Crippen molar-refractivity contribution in [3.8, 4) is 23.7 Å². The van der Waals surface area contributed by atoms with Crippen LogP contribution in [0.5, 0.6) is 0 Å². The molecule has 0 aliphatic heterocycles. The summed E-state index contributed by atoms with van der Waals surface area (Å²) in [6.07, 6.45) is 0. The van der Waals surface area contributed by atoms with E-state index in [1.165, 1.54) is 5.56 Å².